The van der Waals surface area contributed by atoms with Gasteiger partial charge in [0, 0.05) is 19.1 Å². The molecule has 3 N–H and O–H groups in total. The first kappa shape index (κ1) is 10.5. The van der Waals surface area contributed by atoms with Crippen LogP contribution in [0.1, 0.15) is 26.2 Å². The number of carbonyl (C=O) groups is 1. The Hall–Kier alpha value is -0.610. The van der Waals surface area contributed by atoms with Gasteiger partial charge in [0.2, 0.25) is 0 Å². The third kappa shape index (κ3) is 2.67. The smallest absolute Gasteiger partial charge is 0.320 e. The maximum Gasteiger partial charge on any atom is 0.320 e. The highest BCUT2D eigenvalue weighted by Crippen LogP contribution is 2.13. The number of carboxylic acid groups (broad SMARTS) is 1. The molecular formula is C9H18N2O2. The molecule has 76 valence electrons. The molecule has 4 nitrogen and oxygen atoms in total. The number of piperidine rings is 1. The minimum Gasteiger partial charge on any atom is -0.480 e. The van der Waals surface area contributed by atoms with E-state index in [0.717, 1.165) is 25.9 Å². The molecule has 0 bridgehead atoms. The quantitative estimate of drug-likeness (QED) is 0.664. The molecule has 0 aromatic heterocycles. The average molecular weight is 186 g/mol. The molecule has 13 heavy (non-hydrogen) atoms. The van der Waals surface area contributed by atoms with Gasteiger partial charge in [0.05, 0.1) is 0 Å². The highest BCUT2D eigenvalue weighted by molar-refractivity contribution is 5.73. The zero-order valence-corrected chi connectivity index (χ0v) is 8.07. The maximum atomic E-state index is 10.8. The summed E-state index contributed by atoms with van der Waals surface area (Å²) in [6, 6.07) is -0.0462. The Morgan fingerprint density at radius 2 is 2.15 bits per heavy atom. The second kappa shape index (κ2) is 4.58. The predicted molar refractivity (Wildman–Crippen MR) is 50.5 cm³/mol. The molecule has 4 heteroatoms. The van der Waals surface area contributed by atoms with E-state index in [-0.39, 0.29) is 12.1 Å². The zero-order chi connectivity index (χ0) is 9.84. The van der Waals surface area contributed by atoms with Crippen molar-refractivity contribution in [3.63, 3.8) is 0 Å². The molecular weight excluding hydrogens is 168 g/mol. The minimum atomic E-state index is -0.710. The summed E-state index contributed by atoms with van der Waals surface area (Å²) in [7, 11) is 0. The van der Waals surface area contributed by atoms with E-state index in [4.69, 9.17) is 10.8 Å². The van der Waals surface area contributed by atoms with E-state index >= 15 is 0 Å². The van der Waals surface area contributed by atoms with Crippen molar-refractivity contribution < 1.29 is 9.90 Å². The van der Waals surface area contributed by atoms with Gasteiger partial charge in [-0.15, -0.1) is 0 Å². The monoisotopic (exact) mass is 186 g/mol. The summed E-state index contributed by atoms with van der Waals surface area (Å²) >= 11 is 0. The maximum absolute atomic E-state index is 10.8. The van der Waals surface area contributed by atoms with Gasteiger partial charge < -0.3 is 10.8 Å². The number of nitrogens with two attached hydrogens (primary N) is 1. The van der Waals surface area contributed by atoms with Gasteiger partial charge in [-0.25, -0.2) is 0 Å². The van der Waals surface area contributed by atoms with Gasteiger partial charge in [-0.2, -0.15) is 0 Å². The number of nitrogens with zero attached hydrogens (tertiary/aromatic N) is 1. The van der Waals surface area contributed by atoms with Crippen LogP contribution in [0.25, 0.3) is 0 Å². The van der Waals surface area contributed by atoms with E-state index in [2.05, 4.69) is 0 Å². The zero-order valence-electron chi connectivity index (χ0n) is 8.07. The van der Waals surface area contributed by atoms with Crippen LogP contribution in [-0.2, 0) is 4.79 Å². The number of carboxylic acids is 1. The molecule has 0 aromatic carbocycles. The topological polar surface area (TPSA) is 66.6 Å². The second-order valence-corrected chi connectivity index (χ2v) is 3.64. The highest BCUT2D eigenvalue weighted by atomic mass is 16.4. The number of aliphatic carboxylic acids is 1. The van der Waals surface area contributed by atoms with Crippen LogP contribution in [0.5, 0.6) is 0 Å². The van der Waals surface area contributed by atoms with Crippen LogP contribution in [0.15, 0.2) is 0 Å². The molecule has 0 aromatic rings. The SMILES string of the molecule is CCC(C(=O)O)N1CCC(N)CC1. The van der Waals surface area contributed by atoms with E-state index in [1.807, 2.05) is 11.8 Å². The van der Waals surface area contributed by atoms with Crippen LogP contribution in [-0.4, -0.2) is 41.1 Å². The van der Waals surface area contributed by atoms with E-state index in [0.29, 0.717) is 6.42 Å². The van der Waals surface area contributed by atoms with Gasteiger partial charge >= 0.3 is 5.97 Å². The van der Waals surface area contributed by atoms with Crippen molar-refractivity contribution in [1.29, 1.82) is 0 Å². The normalized spacial score (nSPS) is 22.9. The number of likely N-dealkylation sites (tertiary alicyclic amines) is 1. The Kier molecular flexibility index (Phi) is 3.69. The first-order chi connectivity index (χ1) is 6.15. The molecule has 0 spiro atoms. The molecule has 1 atom stereocenters. The first-order valence-corrected chi connectivity index (χ1v) is 4.87. The predicted octanol–water partition coefficient (Wildman–Crippen LogP) is 0.273. The van der Waals surface area contributed by atoms with Gasteiger partial charge in [-0.3, -0.25) is 9.69 Å². The lowest BCUT2D eigenvalue weighted by molar-refractivity contribution is -0.143. The van der Waals surface area contributed by atoms with Crippen molar-refractivity contribution in [2.45, 2.75) is 38.3 Å². The van der Waals surface area contributed by atoms with Crippen LogP contribution >= 0.6 is 0 Å². The Bertz CT molecular complexity index is 176. The molecule has 1 unspecified atom stereocenters. The van der Waals surface area contributed by atoms with E-state index < -0.39 is 5.97 Å². The fourth-order valence-corrected chi connectivity index (χ4v) is 1.82. The van der Waals surface area contributed by atoms with Crippen LogP contribution in [0.3, 0.4) is 0 Å². The van der Waals surface area contributed by atoms with Gasteiger partial charge in [0.15, 0.2) is 0 Å². The lowest BCUT2D eigenvalue weighted by Gasteiger charge is -2.33. The minimum absolute atomic E-state index is 0.266. The molecule has 0 radical (unpaired) electrons. The third-order valence-corrected chi connectivity index (χ3v) is 2.69. The second-order valence-electron chi connectivity index (χ2n) is 3.64. The molecule has 1 fully saturated rings. The summed E-state index contributed by atoms with van der Waals surface area (Å²) < 4.78 is 0. The Labute approximate surface area is 78.7 Å². The molecule has 1 rings (SSSR count). The fourth-order valence-electron chi connectivity index (χ4n) is 1.82. The van der Waals surface area contributed by atoms with Crippen LogP contribution in [0.4, 0.5) is 0 Å². The van der Waals surface area contributed by atoms with Crippen molar-refractivity contribution in [2.75, 3.05) is 13.1 Å². The van der Waals surface area contributed by atoms with Crippen molar-refractivity contribution in [2.24, 2.45) is 5.73 Å². The highest BCUT2D eigenvalue weighted by Gasteiger charge is 2.26. The molecule has 1 heterocycles. The Balaban J connectivity index is 2.46. The van der Waals surface area contributed by atoms with Gasteiger partial charge in [-0.1, -0.05) is 6.92 Å². The number of hydrogen-bond acceptors (Lipinski definition) is 3. The Morgan fingerprint density at radius 1 is 1.62 bits per heavy atom. The van der Waals surface area contributed by atoms with E-state index in [1.165, 1.54) is 0 Å². The van der Waals surface area contributed by atoms with Crippen LogP contribution < -0.4 is 5.73 Å². The van der Waals surface area contributed by atoms with Crippen LogP contribution in [0.2, 0.25) is 0 Å². The standard InChI is InChI=1S/C9H18N2O2/c1-2-8(9(12)13)11-5-3-7(10)4-6-11/h7-8H,2-6,10H2,1H3,(H,12,13). The summed E-state index contributed by atoms with van der Waals surface area (Å²) in [5, 5.41) is 8.92. The van der Waals surface area contributed by atoms with Gasteiger partial charge in [0.1, 0.15) is 6.04 Å². The molecule has 0 aliphatic carbocycles. The molecule has 0 amide bonds. The van der Waals surface area contributed by atoms with Crippen molar-refractivity contribution >= 4 is 5.97 Å². The van der Waals surface area contributed by atoms with Crippen molar-refractivity contribution in [1.82, 2.24) is 4.90 Å². The van der Waals surface area contributed by atoms with Crippen LogP contribution in [0, 0.1) is 0 Å². The number of rotatable bonds is 3. The van der Waals surface area contributed by atoms with E-state index in [9.17, 15) is 4.79 Å². The summed E-state index contributed by atoms with van der Waals surface area (Å²) in [5.41, 5.74) is 5.74. The van der Waals surface area contributed by atoms with E-state index in [1.54, 1.807) is 0 Å². The molecule has 1 aliphatic heterocycles. The fraction of sp³-hybridized carbons (Fsp3) is 0.889. The lowest BCUT2D eigenvalue weighted by Crippen LogP contribution is -2.47. The van der Waals surface area contributed by atoms with Crippen molar-refractivity contribution in [3.8, 4) is 0 Å². The Morgan fingerprint density at radius 3 is 2.54 bits per heavy atom. The van der Waals surface area contributed by atoms with Gasteiger partial charge in [0.25, 0.3) is 0 Å². The average Bonchev–Trinajstić information content (AvgIpc) is 2.09. The molecule has 1 saturated heterocycles. The summed E-state index contributed by atoms with van der Waals surface area (Å²) in [6.07, 6.45) is 2.51. The summed E-state index contributed by atoms with van der Waals surface area (Å²) in [4.78, 5) is 12.9. The lowest BCUT2D eigenvalue weighted by atomic mass is 10.0. The summed E-state index contributed by atoms with van der Waals surface area (Å²) in [5.74, 6) is -0.710. The molecule has 1 aliphatic rings. The van der Waals surface area contributed by atoms with Gasteiger partial charge in [-0.05, 0) is 19.3 Å². The first-order valence-electron chi connectivity index (χ1n) is 4.87. The molecule has 0 saturated carbocycles. The summed E-state index contributed by atoms with van der Waals surface area (Å²) in [6.45, 7) is 3.56. The van der Waals surface area contributed by atoms with Crippen molar-refractivity contribution in [3.05, 3.63) is 0 Å². The largest absolute Gasteiger partial charge is 0.480 e. The third-order valence-electron chi connectivity index (χ3n) is 2.69. The number of hydrogen-bond donors (Lipinski definition) is 2.